The second kappa shape index (κ2) is 8.69. The van der Waals surface area contributed by atoms with Gasteiger partial charge in [-0.15, -0.1) is 0 Å². The Morgan fingerprint density at radius 1 is 1.32 bits per heavy atom. The van der Waals surface area contributed by atoms with Crippen LogP contribution in [0.2, 0.25) is 10.0 Å². The van der Waals surface area contributed by atoms with E-state index >= 15 is 0 Å². The number of nitrogens with two attached hydrogens (primary N) is 1. The quantitative estimate of drug-likeness (QED) is 0.632. The van der Waals surface area contributed by atoms with Gasteiger partial charge < -0.3 is 10.6 Å². The lowest BCUT2D eigenvalue weighted by atomic mass is 10.0. The second-order valence-corrected chi connectivity index (χ2v) is 8.20. The Balaban J connectivity index is 2.19. The van der Waals surface area contributed by atoms with Gasteiger partial charge in [0.05, 0.1) is 10.7 Å². The number of aromatic nitrogens is 3. The highest BCUT2D eigenvalue weighted by molar-refractivity contribution is 7.98. The zero-order valence-corrected chi connectivity index (χ0v) is 18.2. The molecule has 148 valence electrons. The van der Waals surface area contributed by atoms with Gasteiger partial charge in [-0.1, -0.05) is 23.2 Å². The van der Waals surface area contributed by atoms with Gasteiger partial charge in [-0.05, 0) is 31.4 Å². The van der Waals surface area contributed by atoms with E-state index in [2.05, 4.69) is 9.97 Å². The molecule has 0 aliphatic heterocycles. The highest BCUT2D eigenvalue weighted by Crippen LogP contribution is 2.34. The van der Waals surface area contributed by atoms with Gasteiger partial charge in [0.1, 0.15) is 5.69 Å². The smallest absolute Gasteiger partial charge is 0.273 e. The predicted molar refractivity (Wildman–Crippen MR) is 116 cm³/mol. The third kappa shape index (κ3) is 3.98. The molecule has 1 aromatic carbocycles. The standard InChI is InChI=1S/C19H21Cl2N5OS/c1-11-14(9-22)17(13-5-4-12(20)8-15(13)21)26-10-16(24-19(26)23-11)18(27)25(2)6-7-28-3/h4-5,8,10H,6-7,9,22H2,1-3H3. The topological polar surface area (TPSA) is 76.5 Å². The molecule has 3 aromatic rings. The predicted octanol–water partition coefficient (Wildman–Crippen LogP) is 3.91. The molecule has 0 saturated carbocycles. The van der Waals surface area contributed by atoms with Crippen molar-refractivity contribution in [3.05, 3.63) is 51.4 Å². The van der Waals surface area contributed by atoms with E-state index < -0.39 is 0 Å². The molecule has 0 unspecified atom stereocenters. The fraction of sp³-hybridized carbons (Fsp3) is 0.316. The molecule has 0 aliphatic carbocycles. The number of hydrogen-bond acceptors (Lipinski definition) is 5. The second-order valence-electron chi connectivity index (χ2n) is 6.37. The van der Waals surface area contributed by atoms with Gasteiger partial charge in [0, 0.05) is 53.9 Å². The number of imidazole rings is 1. The van der Waals surface area contributed by atoms with Crippen LogP contribution in [0.3, 0.4) is 0 Å². The van der Waals surface area contributed by atoms with E-state index in [1.54, 1.807) is 46.4 Å². The largest absolute Gasteiger partial charge is 0.339 e. The maximum absolute atomic E-state index is 12.8. The molecule has 0 radical (unpaired) electrons. The fourth-order valence-corrected chi connectivity index (χ4v) is 3.95. The number of amides is 1. The first-order valence-corrected chi connectivity index (χ1v) is 10.8. The fourth-order valence-electron chi connectivity index (χ4n) is 2.99. The van der Waals surface area contributed by atoms with Crippen molar-refractivity contribution in [1.29, 1.82) is 0 Å². The maximum Gasteiger partial charge on any atom is 0.273 e. The summed E-state index contributed by atoms with van der Waals surface area (Å²) < 4.78 is 1.78. The van der Waals surface area contributed by atoms with E-state index in [0.29, 0.717) is 28.1 Å². The van der Waals surface area contributed by atoms with Crippen LogP contribution >= 0.6 is 35.0 Å². The van der Waals surface area contributed by atoms with Crippen LogP contribution in [-0.4, -0.2) is 50.8 Å². The molecular weight excluding hydrogens is 417 g/mol. The van der Waals surface area contributed by atoms with E-state index in [1.165, 1.54) is 0 Å². The first-order valence-electron chi connectivity index (χ1n) is 8.65. The molecule has 3 rings (SSSR count). The number of halogens is 2. The molecule has 0 spiro atoms. The molecule has 28 heavy (non-hydrogen) atoms. The Bertz CT molecular complexity index is 1040. The Hall–Kier alpha value is -1.80. The van der Waals surface area contributed by atoms with Crippen molar-refractivity contribution in [3.8, 4) is 11.3 Å². The lowest BCUT2D eigenvalue weighted by Gasteiger charge is -2.15. The number of fused-ring (bicyclic) bond motifs is 1. The normalized spacial score (nSPS) is 11.2. The molecule has 0 bridgehead atoms. The molecule has 0 aliphatic rings. The van der Waals surface area contributed by atoms with Crippen molar-refractivity contribution in [2.75, 3.05) is 25.6 Å². The Morgan fingerprint density at radius 2 is 2.07 bits per heavy atom. The minimum atomic E-state index is -0.153. The molecule has 2 heterocycles. The molecule has 0 fully saturated rings. The van der Waals surface area contributed by atoms with Crippen LogP contribution in [0.1, 0.15) is 21.7 Å². The van der Waals surface area contributed by atoms with Crippen molar-refractivity contribution < 1.29 is 4.79 Å². The summed E-state index contributed by atoms with van der Waals surface area (Å²) in [6, 6.07) is 5.29. The van der Waals surface area contributed by atoms with E-state index in [-0.39, 0.29) is 12.5 Å². The molecule has 2 N–H and O–H groups in total. The van der Waals surface area contributed by atoms with E-state index in [1.807, 2.05) is 19.2 Å². The van der Waals surface area contributed by atoms with Crippen molar-refractivity contribution in [2.24, 2.45) is 5.73 Å². The van der Waals surface area contributed by atoms with Gasteiger partial charge in [-0.3, -0.25) is 9.20 Å². The van der Waals surface area contributed by atoms with Crippen molar-refractivity contribution >= 4 is 46.6 Å². The molecular formula is C19H21Cl2N5OS. The lowest BCUT2D eigenvalue weighted by molar-refractivity contribution is 0.0798. The summed E-state index contributed by atoms with van der Waals surface area (Å²) in [5, 5.41) is 1.04. The van der Waals surface area contributed by atoms with Gasteiger partial charge in [-0.2, -0.15) is 11.8 Å². The lowest BCUT2D eigenvalue weighted by Crippen LogP contribution is -2.29. The Labute approximate surface area is 178 Å². The number of thioether (sulfide) groups is 1. The summed E-state index contributed by atoms with van der Waals surface area (Å²) in [5.41, 5.74) is 9.45. The summed E-state index contributed by atoms with van der Waals surface area (Å²) in [6.07, 6.45) is 3.70. The van der Waals surface area contributed by atoms with Gasteiger partial charge in [0.2, 0.25) is 5.78 Å². The van der Waals surface area contributed by atoms with Crippen LogP contribution in [0.5, 0.6) is 0 Å². The summed E-state index contributed by atoms with van der Waals surface area (Å²) in [7, 11) is 1.77. The van der Waals surface area contributed by atoms with Gasteiger partial charge in [0.25, 0.3) is 5.91 Å². The summed E-state index contributed by atoms with van der Waals surface area (Å²) in [5.74, 6) is 1.13. The summed E-state index contributed by atoms with van der Waals surface area (Å²) in [6.45, 7) is 2.79. The van der Waals surface area contributed by atoms with Crippen LogP contribution < -0.4 is 5.73 Å². The number of nitrogens with zero attached hydrogens (tertiary/aromatic N) is 4. The number of carbonyl (C=O) groups excluding carboxylic acids is 1. The monoisotopic (exact) mass is 437 g/mol. The van der Waals surface area contributed by atoms with E-state index in [9.17, 15) is 4.79 Å². The number of hydrogen-bond donors (Lipinski definition) is 1. The van der Waals surface area contributed by atoms with Gasteiger partial charge >= 0.3 is 0 Å². The van der Waals surface area contributed by atoms with Crippen LogP contribution in [0.4, 0.5) is 0 Å². The number of aryl methyl sites for hydroxylation is 1. The summed E-state index contributed by atoms with van der Waals surface area (Å²) in [4.78, 5) is 23.4. The van der Waals surface area contributed by atoms with E-state index in [0.717, 1.165) is 28.3 Å². The van der Waals surface area contributed by atoms with Gasteiger partial charge in [0.15, 0.2) is 0 Å². The molecule has 9 heteroatoms. The first-order chi connectivity index (χ1) is 13.4. The van der Waals surface area contributed by atoms with Crippen LogP contribution in [-0.2, 0) is 6.54 Å². The molecule has 2 aromatic heterocycles. The van der Waals surface area contributed by atoms with Crippen LogP contribution in [0.15, 0.2) is 24.4 Å². The van der Waals surface area contributed by atoms with Crippen LogP contribution in [0.25, 0.3) is 17.0 Å². The number of carbonyl (C=O) groups is 1. The molecule has 0 saturated heterocycles. The number of benzene rings is 1. The van der Waals surface area contributed by atoms with Gasteiger partial charge in [-0.25, -0.2) is 9.97 Å². The first kappa shape index (κ1) is 20.9. The number of rotatable bonds is 6. The molecule has 6 nitrogen and oxygen atoms in total. The minimum Gasteiger partial charge on any atom is -0.339 e. The van der Waals surface area contributed by atoms with Crippen molar-refractivity contribution in [3.63, 3.8) is 0 Å². The Morgan fingerprint density at radius 3 is 2.71 bits per heavy atom. The van der Waals surface area contributed by atoms with Crippen molar-refractivity contribution in [2.45, 2.75) is 13.5 Å². The molecule has 1 amide bonds. The highest BCUT2D eigenvalue weighted by atomic mass is 35.5. The molecule has 0 atom stereocenters. The van der Waals surface area contributed by atoms with Crippen molar-refractivity contribution in [1.82, 2.24) is 19.3 Å². The highest BCUT2D eigenvalue weighted by Gasteiger charge is 2.21. The minimum absolute atomic E-state index is 0.153. The average Bonchev–Trinajstić information content (AvgIpc) is 3.08. The SMILES string of the molecule is CSCCN(C)C(=O)c1cn2c(-c3ccc(Cl)cc3Cl)c(CN)c(C)nc2n1. The van der Waals surface area contributed by atoms with Crippen LogP contribution in [0, 0.1) is 6.92 Å². The third-order valence-corrected chi connectivity index (χ3v) is 5.64. The third-order valence-electron chi connectivity index (χ3n) is 4.51. The maximum atomic E-state index is 12.8. The average molecular weight is 438 g/mol. The Kier molecular flexibility index (Phi) is 6.50. The summed E-state index contributed by atoms with van der Waals surface area (Å²) >= 11 is 14.2. The zero-order chi connectivity index (χ0) is 20.4. The van der Waals surface area contributed by atoms with E-state index in [4.69, 9.17) is 28.9 Å². The zero-order valence-electron chi connectivity index (χ0n) is 15.9.